The Labute approximate surface area is 177 Å². The second-order valence-corrected chi connectivity index (χ2v) is 5.62. The van der Waals surface area contributed by atoms with Crippen LogP contribution in [0.4, 0.5) is 8.78 Å². The predicted molar refractivity (Wildman–Crippen MR) is 114 cm³/mol. The highest BCUT2D eigenvalue weighted by Gasteiger charge is 2.15. The normalized spacial score (nSPS) is 11.0. The lowest BCUT2D eigenvalue weighted by Gasteiger charge is -2.25. The average Bonchev–Trinajstić information content (AvgIpc) is 2.59. The van der Waals surface area contributed by atoms with E-state index in [1.807, 2.05) is 20.8 Å². The molecule has 9 heteroatoms. The molecule has 0 saturated heterocycles. The summed E-state index contributed by atoms with van der Waals surface area (Å²) in [6.45, 7) is 5.42. The van der Waals surface area contributed by atoms with E-state index in [0.717, 1.165) is 5.56 Å². The van der Waals surface area contributed by atoms with E-state index in [9.17, 15) is 13.6 Å². The molecule has 0 spiro atoms. The minimum atomic E-state index is -2.86. The molecule has 0 aliphatic rings. The van der Waals surface area contributed by atoms with Gasteiger partial charge < -0.3 is 19.9 Å². The zero-order chi connectivity index (χ0) is 19.5. The molecule has 6 nitrogen and oxygen atoms in total. The molecule has 1 rings (SSSR count). The van der Waals surface area contributed by atoms with Crippen LogP contribution in [0.3, 0.4) is 0 Å². The van der Waals surface area contributed by atoms with Crippen LogP contribution in [0, 0.1) is 0 Å². The first-order valence-corrected chi connectivity index (χ1v) is 8.72. The number of alkyl halides is 2. The number of guanidine groups is 1. The summed E-state index contributed by atoms with van der Waals surface area (Å²) in [6.07, 6.45) is 0. The van der Waals surface area contributed by atoms with Crippen molar-refractivity contribution in [2.24, 2.45) is 4.99 Å². The molecule has 0 fully saturated rings. The minimum Gasteiger partial charge on any atom is -0.435 e. The van der Waals surface area contributed by atoms with E-state index in [2.05, 4.69) is 15.0 Å². The number of ether oxygens (including phenoxy) is 1. The van der Waals surface area contributed by atoms with Crippen LogP contribution in [0.2, 0.25) is 0 Å². The number of benzene rings is 1. The number of rotatable bonds is 9. The Bertz CT molecular complexity index is 598. The van der Waals surface area contributed by atoms with Gasteiger partial charge in [0.25, 0.3) is 0 Å². The van der Waals surface area contributed by atoms with E-state index in [4.69, 9.17) is 0 Å². The number of carbonyl (C=O) groups is 1. The molecule has 1 N–H and O–H groups in total. The van der Waals surface area contributed by atoms with Crippen molar-refractivity contribution >= 4 is 35.8 Å². The molecule has 0 aromatic heterocycles. The van der Waals surface area contributed by atoms with Crippen molar-refractivity contribution in [1.82, 2.24) is 15.1 Å². The molecular weight excluding hydrogens is 469 g/mol. The zero-order valence-corrected chi connectivity index (χ0v) is 18.6. The Balaban J connectivity index is 0.00000676. The Morgan fingerprint density at radius 2 is 1.93 bits per heavy atom. The first-order chi connectivity index (χ1) is 12.4. The third-order valence-corrected chi connectivity index (χ3v) is 3.72. The van der Waals surface area contributed by atoms with Gasteiger partial charge in [-0.2, -0.15) is 8.78 Å². The standard InChI is InChI=1S/C18H28F2N4O2.HI/c1-5-21-18(23(4)13-16(25)24(6-2)7-3)22-12-14-9-8-10-15(11-14)26-17(19)20;/h8-11,17H,5-7,12-13H2,1-4H3,(H,21,22);1H. The number of hydrogen-bond donors (Lipinski definition) is 1. The van der Waals surface area contributed by atoms with Gasteiger partial charge in [0, 0.05) is 26.7 Å². The van der Waals surface area contributed by atoms with Crippen molar-refractivity contribution in [1.29, 1.82) is 0 Å². The molecule has 27 heavy (non-hydrogen) atoms. The molecular formula is C18H29F2IN4O2. The lowest BCUT2D eigenvalue weighted by Crippen LogP contribution is -2.45. The molecule has 154 valence electrons. The molecule has 0 aliphatic carbocycles. The molecule has 1 aromatic carbocycles. The second kappa shape index (κ2) is 13.5. The van der Waals surface area contributed by atoms with Crippen molar-refractivity contribution in [3.05, 3.63) is 29.8 Å². The molecule has 0 radical (unpaired) electrons. The maximum absolute atomic E-state index is 12.3. The summed E-state index contributed by atoms with van der Waals surface area (Å²) >= 11 is 0. The summed E-state index contributed by atoms with van der Waals surface area (Å²) < 4.78 is 29.0. The van der Waals surface area contributed by atoms with Crippen LogP contribution in [0.5, 0.6) is 5.75 Å². The van der Waals surface area contributed by atoms with Crippen LogP contribution in [0.15, 0.2) is 29.3 Å². The van der Waals surface area contributed by atoms with E-state index in [-0.39, 0.29) is 48.7 Å². The molecule has 0 heterocycles. The van der Waals surface area contributed by atoms with Crippen LogP contribution in [0.25, 0.3) is 0 Å². The number of likely N-dealkylation sites (N-methyl/N-ethyl adjacent to an activating group) is 2. The molecule has 0 saturated carbocycles. The lowest BCUT2D eigenvalue weighted by molar-refractivity contribution is -0.131. The van der Waals surface area contributed by atoms with Gasteiger partial charge in [-0.3, -0.25) is 4.79 Å². The van der Waals surface area contributed by atoms with Crippen molar-refractivity contribution < 1.29 is 18.3 Å². The van der Waals surface area contributed by atoms with Crippen LogP contribution < -0.4 is 10.1 Å². The number of halogens is 3. The summed E-state index contributed by atoms with van der Waals surface area (Å²) in [7, 11) is 1.79. The Kier molecular flexibility index (Phi) is 12.7. The molecule has 0 unspecified atom stereocenters. The van der Waals surface area contributed by atoms with Gasteiger partial charge in [0.15, 0.2) is 5.96 Å². The monoisotopic (exact) mass is 498 g/mol. The smallest absolute Gasteiger partial charge is 0.387 e. The van der Waals surface area contributed by atoms with Gasteiger partial charge in [-0.05, 0) is 38.5 Å². The van der Waals surface area contributed by atoms with Gasteiger partial charge in [0.05, 0.1) is 13.1 Å². The number of nitrogens with one attached hydrogen (secondary N) is 1. The van der Waals surface area contributed by atoms with E-state index in [1.54, 1.807) is 29.0 Å². The molecule has 1 aromatic rings. The second-order valence-electron chi connectivity index (χ2n) is 5.62. The summed E-state index contributed by atoms with van der Waals surface area (Å²) in [5.41, 5.74) is 0.738. The summed E-state index contributed by atoms with van der Waals surface area (Å²) in [6, 6.07) is 6.43. The van der Waals surface area contributed by atoms with Crippen LogP contribution in [0.1, 0.15) is 26.3 Å². The van der Waals surface area contributed by atoms with Gasteiger partial charge in [0.1, 0.15) is 5.75 Å². The highest BCUT2D eigenvalue weighted by molar-refractivity contribution is 14.0. The van der Waals surface area contributed by atoms with E-state index >= 15 is 0 Å². The number of carbonyl (C=O) groups excluding carboxylic acids is 1. The number of aliphatic imine (C=N–C) groups is 1. The fraction of sp³-hybridized carbons (Fsp3) is 0.556. The Morgan fingerprint density at radius 3 is 2.48 bits per heavy atom. The quantitative estimate of drug-likeness (QED) is 0.323. The topological polar surface area (TPSA) is 57.2 Å². The van der Waals surface area contributed by atoms with Crippen LogP contribution in [-0.4, -0.2) is 61.5 Å². The van der Waals surface area contributed by atoms with E-state index in [0.29, 0.717) is 25.6 Å². The first kappa shape index (κ1) is 25.3. The highest BCUT2D eigenvalue weighted by atomic mass is 127. The van der Waals surface area contributed by atoms with Crippen LogP contribution >= 0.6 is 24.0 Å². The van der Waals surface area contributed by atoms with Crippen molar-refractivity contribution in [2.75, 3.05) is 33.2 Å². The van der Waals surface area contributed by atoms with Gasteiger partial charge in [-0.15, -0.1) is 24.0 Å². The molecule has 0 bridgehead atoms. The Hall–Kier alpha value is -1.65. The maximum atomic E-state index is 12.3. The van der Waals surface area contributed by atoms with Gasteiger partial charge in [0.2, 0.25) is 5.91 Å². The first-order valence-electron chi connectivity index (χ1n) is 8.72. The fourth-order valence-corrected chi connectivity index (χ4v) is 2.41. The fourth-order valence-electron chi connectivity index (χ4n) is 2.41. The number of nitrogens with zero attached hydrogens (tertiary/aromatic N) is 3. The summed E-state index contributed by atoms with van der Waals surface area (Å²) in [4.78, 5) is 20.3. The van der Waals surface area contributed by atoms with E-state index in [1.165, 1.54) is 12.1 Å². The zero-order valence-electron chi connectivity index (χ0n) is 16.2. The van der Waals surface area contributed by atoms with Crippen LogP contribution in [-0.2, 0) is 11.3 Å². The SMILES string of the molecule is CCNC(=NCc1cccc(OC(F)F)c1)N(C)CC(=O)N(CC)CC.I. The third kappa shape index (κ3) is 9.21. The third-order valence-electron chi connectivity index (χ3n) is 3.72. The molecule has 1 amide bonds. The van der Waals surface area contributed by atoms with Gasteiger partial charge >= 0.3 is 6.61 Å². The molecule has 0 aliphatic heterocycles. The highest BCUT2D eigenvalue weighted by Crippen LogP contribution is 2.16. The predicted octanol–water partition coefficient (Wildman–Crippen LogP) is 3.17. The van der Waals surface area contributed by atoms with Gasteiger partial charge in [-0.25, -0.2) is 4.99 Å². The minimum absolute atomic E-state index is 0. The largest absolute Gasteiger partial charge is 0.435 e. The van der Waals surface area contributed by atoms with Crippen molar-refractivity contribution in [3.63, 3.8) is 0 Å². The lowest BCUT2D eigenvalue weighted by atomic mass is 10.2. The average molecular weight is 498 g/mol. The number of amides is 1. The summed E-state index contributed by atoms with van der Waals surface area (Å²) in [5, 5.41) is 3.13. The molecule has 0 atom stereocenters. The maximum Gasteiger partial charge on any atom is 0.387 e. The number of hydrogen-bond acceptors (Lipinski definition) is 3. The Morgan fingerprint density at radius 1 is 1.26 bits per heavy atom. The van der Waals surface area contributed by atoms with Crippen molar-refractivity contribution in [2.45, 2.75) is 33.9 Å². The van der Waals surface area contributed by atoms with E-state index < -0.39 is 6.61 Å². The van der Waals surface area contributed by atoms with Crippen molar-refractivity contribution in [3.8, 4) is 5.75 Å². The van der Waals surface area contributed by atoms with Gasteiger partial charge in [-0.1, -0.05) is 12.1 Å². The summed E-state index contributed by atoms with van der Waals surface area (Å²) in [5.74, 6) is 0.700.